The van der Waals surface area contributed by atoms with Gasteiger partial charge in [-0.05, 0) is 37.6 Å². The minimum Gasteiger partial charge on any atom is -0.316 e. The molecule has 0 aromatic carbocycles. The van der Waals surface area contributed by atoms with Gasteiger partial charge >= 0.3 is 0 Å². The maximum absolute atomic E-state index is 3.86. The second kappa shape index (κ2) is 4.86. The molecule has 2 heterocycles. The molecule has 2 aliphatic heterocycles. The van der Waals surface area contributed by atoms with Crippen molar-refractivity contribution in [2.45, 2.75) is 44.0 Å². The van der Waals surface area contributed by atoms with Gasteiger partial charge in [0, 0.05) is 17.3 Å². The molecule has 2 nitrogen and oxygen atoms in total. The molecule has 14 heavy (non-hydrogen) atoms. The molecule has 2 N–H and O–H groups in total. The molecule has 2 fully saturated rings. The zero-order chi connectivity index (χ0) is 9.97. The van der Waals surface area contributed by atoms with E-state index >= 15 is 0 Å². The highest BCUT2D eigenvalue weighted by atomic mass is 32.2. The highest BCUT2D eigenvalue weighted by molar-refractivity contribution is 8.00. The van der Waals surface area contributed by atoms with Crippen molar-refractivity contribution in [3.8, 4) is 0 Å². The van der Waals surface area contributed by atoms with Gasteiger partial charge in [-0.2, -0.15) is 11.8 Å². The second-order valence-corrected chi connectivity index (χ2v) is 6.20. The molecule has 0 amide bonds. The third-order valence-corrected chi connectivity index (χ3v) is 4.92. The van der Waals surface area contributed by atoms with Crippen LogP contribution in [0.4, 0.5) is 0 Å². The van der Waals surface area contributed by atoms with Gasteiger partial charge in [-0.1, -0.05) is 13.8 Å². The molecule has 0 radical (unpaired) electrons. The van der Waals surface area contributed by atoms with Crippen molar-refractivity contribution < 1.29 is 0 Å². The Labute approximate surface area is 91.6 Å². The summed E-state index contributed by atoms with van der Waals surface area (Å²) in [5.41, 5.74) is 0. The van der Waals surface area contributed by atoms with E-state index in [2.05, 4.69) is 36.2 Å². The lowest BCUT2D eigenvalue weighted by molar-refractivity contribution is 0.271. The van der Waals surface area contributed by atoms with E-state index in [1.54, 1.807) is 0 Å². The van der Waals surface area contributed by atoms with Crippen molar-refractivity contribution in [1.82, 2.24) is 10.6 Å². The zero-order valence-electron chi connectivity index (χ0n) is 9.25. The summed E-state index contributed by atoms with van der Waals surface area (Å²) in [6.45, 7) is 7.10. The number of piperidine rings is 1. The van der Waals surface area contributed by atoms with E-state index in [1.807, 2.05) is 0 Å². The molecule has 4 atom stereocenters. The molecule has 4 unspecified atom stereocenters. The molecule has 82 valence electrons. The lowest BCUT2D eigenvalue weighted by atomic mass is 9.94. The molecule has 0 aromatic heterocycles. The first kappa shape index (κ1) is 10.8. The number of hydrogen-bond acceptors (Lipinski definition) is 3. The monoisotopic (exact) mass is 214 g/mol. The predicted octanol–water partition coefficient (Wildman–Crippen LogP) is 1.47. The smallest absolute Gasteiger partial charge is 0.0194 e. The summed E-state index contributed by atoms with van der Waals surface area (Å²) in [5.74, 6) is 2.14. The normalized spacial score (nSPS) is 44.1. The van der Waals surface area contributed by atoms with E-state index in [1.165, 1.54) is 31.7 Å². The van der Waals surface area contributed by atoms with Crippen molar-refractivity contribution in [2.24, 2.45) is 5.92 Å². The fourth-order valence-electron chi connectivity index (χ4n) is 2.49. The fourth-order valence-corrected chi connectivity index (χ4v) is 3.70. The third kappa shape index (κ3) is 2.44. The van der Waals surface area contributed by atoms with Crippen LogP contribution in [0.5, 0.6) is 0 Å². The summed E-state index contributed by atoms with van der Waals surface area (Å²) >= 11 is 2.12. The van der Waals surface area contributed by atoms with Crippen molar-refractivity contribution in [3.63, 3.8) is 0 Å². The number of rotatable bonds is 2. The van der Waals surface area contributed by atoms with Gasteiger partial charge in [-0.15, -0.1) is 0 Å². The SMILES string of the molecule is CC1CNCCC1NC1CCSC1C. The summed E-state index contributed by atoms with van der Waals surface area (Å²) in [4.78, 5) is 0. The highest BCUT2D eigenvalue weighted by Gasteiger charge is 2.29. The molecule has 0 spiro atoms. The molecule has 0 aromatic rings. The quantitative estimate of drug-likeness (QED) is 0.728. The van der Waals surface area contributed by atoms with Crippen molar-refractivity contribution in [1.29, 1.82) is 0 Å². The van der Waals surface area contributed by atoms with Crippen LogP contribution in [0.3, 0.4) is 0 Å². The summed E-state index contributed by atoms with van der Waals surface area (Å²) in [7, 11) is 0. The van der Waals surface area contributed by atoms with Gasteiger partial charge in [-0.25, -0.2) is 0 Å². The third-order valence-electron chi connectivity index (χ3n) is 3.59. The van der Waals surface area contributed by atoms with Crippen LogP contribution in [-0.2, 0) is 0 Å². The first-order chi connectivity index (χ1) is 6.77. The molecule has 2 saturated heterocycles. The Morgan fingerprint density at radius 3 is 2.71 bits per heavy atom. The predicted molar refractivity (Wildman–Crippen MR) is 63.9 cm³/mol. The summed E-state index contributed by atoms with van der Waals surface area (Å²) < 4.78 is 0. The van der Waals surface area contributed by atoms with Crippen LogP contribution in [0.25, 0.3) is 0 Å². The Balaban J connectivity index is 1.83. The Morgan fingerprint density at radius 1 is 1.21 bits per heavy atom. The van der Waals surface area contributed by atoms with Crippen LogP contribution in [0.2, 0.25) is 0 Å². The van der Waals surface area contributed by atoms with Crippen LogP contribution in [-0.4, -0.2) is 36.2 Å². The number of nitrogens with one attached hydrogen (secondary N) is 2. The molecule has 0 bridgehead atoms. The van der Waals surface area contributed by atoms with Crippen LogP contribution in [0.15, 0.2) is 0 Å². The average molecular weight is 214 g/mol. The van der Waals surface area contributed by atoms with E-state index < -0.39 is 0 Å². The molecular formula is C11H22N2S. The summed E-state index contributed by atoms with van der Waals surface area (Å²) in [5, 5.41) is 8.13. The largest absolute Gasteiger partial charge is 0.316 e. The first-order valence-corrected chi connectivity index (χ1v) is 6.90. The summed E-state index contributed by atoms with van der Waals surface area (Å²) in [6.07, 6.45) is 2.66. The lowest BCUT2D eigenvalue weighted by Crippen LogP contribution is -2.51. The highest BCUT2D eigenvalue weighted by Crippen LogP contribution is 2.27. The Hall–Kier alpha value is 0.270. The molecule has 2 aliphatic rings. The zero-order valence-corrected chi connectivity index (χ0v) is 10.1. The van der Waals surface area contributed by atoms with E-state index in [-0.39, 0.29) is 0 Å². The van der Waals surface area contributed by atoms with E-state index in [9.17, 15) is 0 Å². The fraction of sp³-hybridized carbons (Fsp3) is 1.00. The first-order valence-electron chi connectivity index (χ1n) is 5.85. The van der Waals surface area contributed by atoms with E-state index in [0.29, 0.717) is 0 Å². The van der Waals surface area contributed by atoms with Gasteiger partial charge in [0.05, 0.1) is 0 Å². The standard InChI is InChI=1S/C11H22N2S/c1-8-7-12-5-3-10(8)13-11-4-6-14-9(11)2/h8-13H,3-7H2,1-2H3. The van der Waals surface area contributed by atoms with Crippen LogP contribution in [0, 0.1) is 5.92 Å². The average Bonchev–Trinajstić information content (AvgIpc) is 2.56. The topological polar surface area (TPSA) is 24.1 Å². The number of hydrogen-bond donors (Lipinski definition) is 2. The van der Waals surface area contributed by atoms with Crippen molar-refractivity contribution >= 4 is 11.8 Å². The minimum absolute atomic E-state index is 0.752. The Kier molecular flexibility index (Phi) is 3.74. The van der Waals surface area contributed by atoms with E-state index in [4.69, 9.17) is 0 Å². The Morgan fingerprint density at radius 2 is 2.07 bits per heavy atom. The lowest BCUT2D eigenvalue weighted by Gasteiger charge is -2.33. The maximum atomic E-state index is 3.86. The van der Waals surface area contributed by atoms with E-state index in [0.717, 1.165) is 23.3 Å². The van der Waals surface area contributed by atoms with Gasteiger partial charge in [0.25, 0.3) is 0 Å². The van der Waals surface area contributed by atoms with Gasteiger partial charge in [0.2, 0.25) is 0 Å². The molecule has 3 heteroatoms. The van der Waals surface area contributed by atoms with Crippen molar-refractivity contribution in [3.05, 3.63) is 0 Å². The molecular weight excluding hydrogens is 192 g/mol. The van der Waals surface area contributed by atoms with Gasteiger partial charge in [-0.3, -0.25) is 0 Å². The maximum Gasteiger partial charge on any atom is 0.0194 e. The van der Waals surface area contributed by atoms with Crippen LogP contribution >= 0.6 is 11.8 Å². The van der Waals surface area contributed by atoms with Gasteiger partial charge in [0.15, 0.2) is 0 Å². The van der Waals surface area contributed by atoms with Crippen LogP contribution < -0.4 is 10.6 Å². The van der Waals surface area contributed by atoms with Crippen LogP contribution in [0.1, 0.15) is 26.7 Å². The molecule has 0 aliphatic carbocycles. The Bertz CT molecular complexity index is 186. The van der Waals surface area contributed by atoms with Crippen molar-refractivity contribution in [2.75, 3.05) is 18.8 Å². The molecule has 0 saturated carbocycles. The van der Waals surface area contributed by atoms with Gasteiger partial charge in [0.1, 0.15) is 0 Å². The minimum atomic E-state index is 0.752. The van der Waals surface area contributed by atoms with Gasteiger partial charge < -0.3 is 10.6 Å². The second-order valence-electron chi connectivity index (χ2n) is 4.71. The molecule has 2 rings (SSSR count). The number of thioether (sulfide) groups is 1. The summed E-state index contributed by atoms with van der Waals surface area (Å²) in [6, 6.07) is 1.52.